The number of ketones is 1. The number of aromatic amines is 1. The molecule has 4 aliphatic rings. The van der Waals surface area contributed by atoms with Crippen LogP contribution in [0.2, 0.25) is 0 Å². The highest BCUT2D eigenvalue weighted by Crippen LogP contribution is 2.30. The number of carboxylic acid groups (broad SMARTS) is 4. The lowest BCUT2D eigenvalue weighted by atomic mass is 9.95. The number of ether oxygens (including phenoxy) is 1. The van der Waals surface area contributed by atoms with E-state index in [2.05, 4.69) is 64.1 Å². The molecule has 48 heteroatoms. The molecule has 5 aromatic rings. The van der Waals surface area contributed by atoms with E-state index in [-0.39, 0.29) is 90.3 Å². The van der Waals surface area contributed by atoms with Gasteiger partial charge in [0.15, 0.2) is 5.78 Å². The number of aromatic nitrogens is 2. The summed E-state index contributed by atoms with van der Waals surface area (Å²) < 4.78 is 6.75. The number of aliphatic hydroxyl groups is 1. The number of amides is 16. The Kier molecular flexibility index (Phi) is 43.7. The van der Waals surface area contributed by atoms with E-state index in [1.54, 1.807) is 92.8 Å². The van der Waals surface area contributed by atoms with Gasteiger partial charge in [0.1, 0.15) is 90.8 Å². The molecule has 4 fully saturated rings. The van der Waals surface area contributed by atoms with Crippen LogP contribution in [-0.4, -0.2) is 346 Å². The monoisotopic (exact) mass is 2050 g/mol. The van der Waals surface area contributed by atoms with Crippen LogP contribution in [0.3, 0.4) is 0 Å². The summed E-state index contributed by atoms with van der Waals surface area (Å²) >= 11 is 0.713. The van der Waals surface area contributed by atoms with Gasteiger partial charge in [-0.05, 0) is 112 Å². The number of rotatable bonds is 32. The number of hydrogen-bond acceptors (Lipinski definition) is 26. The molecule has 792 valence electrons. The number of primary amides is 1. The van der Waals surface area contributed by atoms with Crippen LogP contribution in [0.1, 0.15) is 159 Å². The number of unbranched alkanes of at least 4 members (excludes halogenated alkanes) is 2. The molecule has 0 unspecified atom stereocenters. The Morgan fingerprint density at radius 2 is 1.12 bits per heavy atom. The predicted octanol–water partition coefficient (Wildman–Crippen LogP) is -2.57. The molecule has 47 nitrogen and oxygen atoms in total. The number of nitrogens with two attached hydrogens (primary N) is 3. The average molecular weight is 2050 g/mol. The fourth-order valence-corrected chi connectivity index (χ4v) is 19.4. The van der Waals surface area contributed by atoms with Crippen molar-refractivity contribution in [1.29, 1.82) is 0 Å². The molecule has 0 aliphatic carbocycles. The van der Waals surface area contributed by atoms with Crippen molar-refractivity contribution in [1.82, 2.24) is 87.2 Å². The topological polar surface area (TPSA) is 704 Å². The van der Waals surface area contributed by atoms with Gasteiger partial charge in [0.2, 0.25) is 94.5 Å². The van der Waals surface area contributed by atoms with Gasteiger partial charge in [-0.3, -0.25) is 95.9 Å². The maximum Gasteiger partial charge on any atom is 0.327 e. The van der Waals surface area contributed by atoms with E-state index < -0.39 is 316 Å². The molecule has 4 aliphatic heterocycles. The maximum absolute atomic E-state index is 16.0. The van der Waals surface area contributed by atoms with Crippen LogP contribution in [0, 0.1) is 18.3 Å². The number of terminal acetylenes is 1. The van der Waals surface area contributed by atoms with Gasteiger partial charge in [0.25, 0.3) is 0 Å². The Hall–Kier alpha value is -14.6. The molecule has 16 atom stereocenters. The van der Waals surface area contributed by atoms with Crippen molar-refractivity contribution in [2.24, 2.45) is 23.1 Å². The molecule has 0 bridgehead atoms. The number of carbonyl (C=O) groups is 21. The van der Waals surface area contributed by atoms with Gasteiger partial charge in [-0.1, -0.05) is 88.1 Å². The normalized spacial score (nSPS) is 24.3. The first-order chi connectivity index (χ1) is 69.6. The van der Waals surface area contributed by atoms with E-state index in [4.69, 9.17) is 28.4 Å². The summed E-state index contributed by atoms with van der Waals surface area (Å²) in [6.07, 6.45) is 1.35. The molecule has 16 amide bonds. The maximum atomic E-state index is 16.0. The van der Waals surface area contributed by atoms with E-state index in [0.717, 1.165) is 24.5 Å². The van der Waals surface area contributed by atoms with Crippen LogP contribution in [0.4, 0.5) is 0 Å². The van der Waals surface area contributed by atoms with Gasteiger partial charge in [-0.2, -0.15) is 11.8 Å². The Labute approximate surface area is 845 Å². The van der Waals surface area contributed by atoms with Gasteiger partial charge in [0.05, 0.1) is 43.9 Å². The van der Waals surface area contributed by atoms with Crippen LogP contribution in [-0.2, 0) is 126 Å². The zero-order chi connectivity index (χ0) is 107. The number of fused-ring (bicyclic) bond motifs is 5. The SMILES string of the molecule is C#CC[C@H](NC(=O)CNC(=O)[C@@H]1CSCC(=O)N[C@@H](Cc2ccc(OC)cc2)C(=O)N2CCCC[C@H]2C(=O)N[C@@H](CC(=O)O)C(=O)N2CCC[C@H]2C(=O)N[C@@H](CN)C(=O)N[C@@H](CCC(N)=O)C(=O)N2C[C@H](O)C[C@H]2C(=O)N[C@@H](Cc2c[nH]c3ccccc23)C(=O)N[C@@H](CCN)C(=O)N[C@@H](Cc2cn(CC(=O)O)c3ccccc23)C(=O)N(C)[C@@H](CCCC)C(=O)N(C)[C@@H](CCCC)C(=O)N[C@@H](CCC(=O)O)C(=O)C1)C(=O)O. The minimum absolute atomic E-state index is 0.0787. The highest BCUT2D eigenvalue weighted by molar-refractivity contribution is 7.99. The zero-order valence-corrected chi connectivity index (χ0v) is 82.9. The van der Waals surface area contributed by atoms with E-state index in [9.17, 15) is 83.1 Å². The quantitative estimate of drug-likeness (QED) is 0.0197. The van der Waals surface area contributed by atoms with Gasteiger partial charge in [-0.15, -0.1) is 12.3 Å². The Morgan fingerprint density at radius 3 is 1.76 bits per heavy atom. The number of aliphatic hydroxyl groups excluding tert-OH is 1. The van der Waals surface area contributed by atoms with Gasteiger partial charge < -0.3 is 135 Å². The van der Waals surface area contributed by atoms with E-state index >= 15 is 43.2 Å². The highest BCUT2D eigenvalue weighted by atomic mass is 32.2. The predicted molar refractivity (Wildman–Crippen MR) is 527 cm³/mol. The first-order valence-corrected chi connectivity index (χ1v) is 49.8. The number of carbonyl (C=O) groups excluding carboxylic acids is 17. The first kappa shape index (κ1) is 115. The molecule has 146 heavy (non-hydrogen) atoms. The number of piperidine rings is 1. The van der Waals surface area contributed by atoms with Crippen molar-refractivity contribution in [2.75, 3.05) is 72.0 Å². The Morgan fingerprint density at radius 1 is 0.562 bits per heavy atom. The number of methoxy groups -OCH3 is 1. The average Bonchev–Trinajstić information content (AvgIpc) is 1.57. The summed E-state index contributed by atoms with van der Waals surface area (Å²) in [5, 5.41) is 78.4. The number of nitrogens with zero attached hydrogens (tertiary/aromatic N) is 6. The van der Waals surface area contributed by atoms with Crippen molar-refractivity contribution in [3.63, 3.8) is 0 Å². The number of thioether (sulfide) groups is 1. The van der Waals surface area contributed by atoms with Gasteiger partial charge in [-0.25, -0.2) is 4.79 Å². The third-order valence-electron chi connectivity index (χ3n) is 26.2. The van der Waals surface area contributed by atoms with Crippen LogP contribution in [0.25, 0.3) is 21.8 Å². The minimum Gasteiger partial charge on any atom is -0.497 e. The standard InChI is InChI=1S/C98H132N20O27S/c1-7-10-23-73-89(134)106-63(33-35-82(124)125)78(120)43-57(85(130)103-48-80(122)104-66(19-9-3)98(143)144)52-146-53-81(123)105-68(40-54-28-30-59(145-6)31-29-54)95(140)116-38-17-16-26-74(116)90(135)111-70(45-83(126)127)96(141)117-39-18-27-75(117)91(136)112-71(46-100)88(133)108-65(32-34-79(101)121)94(139)118-50-58(119)44-77(118)92(137)109-67(41-55-47-102-62-22-14-12-20-60(55)62)87(132)107-64(36-37-99)86(131)110-69(93(138)114(5)76(24-11-8-2)97(142)113(73)4)42-56-49-115(51-84(128)129)72-25-15-13-21-61(56)72/h3,12-15,20-22,25,28-31,47,49,57-58,63-71,73-77,102,119H,7-8,10-11,16-19,23-24,26-27,32-46,48,50-53,99-100H2,1-2,4-6H3,(H2,101,121)(H,103,130)(H,104,122)(H,105,123)(H,106,134)(H,107,132)(H,108,133)(H,109,137)(H,110,131)(H,111,135)(H,112,136)(H,124,125)(H,126,127)(H,128,129)(H,143,144)/t57-,58+,63-,64-,65-,66-,67-,68-,69-,70-,71-,73-,74-,75-,76-,77-/m0/s1. The third kappa shape index (κ3) is 32.0. The Balaban J connectivity index is 1.13. The summed E-state index contributed by atoms with van der Waals surface area (Å²) in [6, 6.07) is -3.66. The molecule has 0 spiro atoms. The molecule has 0 radical (unpaired) electrons. The van der Waals surface area contributed by atoms with Gasteiger partial charge >= 0.3 is 23.9 Å². The lowest BCUT2D eigenvalue weighted by Gasteiger charge is -2.38. The first-order valence-electron chi connectivity index (χ1n) is 48.6. The number of para-hydroxylation sites is 2. The number of H-pyrrole nitrogens is 1. The molecule has 0 saturated carbocycles. The second kappa shape index (κ2) is 55.5. The molecule has 3 aromatic carbocycles. The smallest absolute Gasteiger partial charge is 0.327 e. The molecule has 2 aromatic heterocycles. The molecule has 6 heterocycles. The van der Waals surface area contributed by atoms with Crippen molar-refractivity contribution in [2.45, 2.75) is 259 Å². The van der Waals surface area contributed by atoms with Crippen molar-refractivity contribution in [3.05, 3.63) is 102 Å². The van der Waals surface area contributed by atoms with Crippen LogP contribution >= 0.6 is 11.8 Å². The summed E-state index contributed by atoms with van der Waals surface area (Å²) in [7, 11) is 3.92. The molecular weight excluding hydrogens is 1920 g/mol. The largest absolute Gasteiger partial charge is 0.497 e. The number of likely N-dealkylation sites (N-methyl/N-ethyl adjacent to an activating group) is 2. The van der Waals surface area contributed by atoms with E-state index in [1.807, 2.05) is 0 Å². The number of aliphatic carboxylic acids is 4. The number of benzene rings is 3. The van der Waals surface area contributed by atoms with Crippen molar-refractivity contribution < 1.29 is 131 Å². The number of Topliss-reactive ketones (excluding diaryl/α,β-unsaturated/α-hetero) is 1. The number of hydrogen-bond donors (Lipinski definition) is 19. The fourth-order valence-electron chi connectivity index (χ4n) is 18.4. The lowest BCUT2D eigenvalue weighted by Crippen LogP contribution is -2.62. The Bertz CT molecular complexity index is 5630. The molecule has 4 saturated heterocycles. The van der Waals surface area contributed by atoms with Crippen LogP contribution in [0.15, 0.2) is 85.2 Å². The van der Waals surface area contributed by atoms with Crippen molar-refractivity contribution in [3.8, 4) is 18.1 Å². The second-order valence-corrected chi connectivity index (χ2v) is 37.7. The molecule has 22 N–H and O–H groups in total. The highest BCUT2D eigenvalue weighted by Gasteiger charge is 2.48. The summed E-state index contributed by atoms with van der Waals surface area (Å²) in [5.41, 5.74) is 20.2. The van der Waals surface area contributed by atoms with Crippen LogP contribution in [0.5, 0.6) is 5.75 Å². The summed E-state index contributed by atoms with van der Waals surface area (Å²) in [4.78, 5) is 312. The summed E-state index contributed by atoms with van der Waals surface area (Å²) in [5.74, 6) is -23.4. The van der Waals surface area contributed by atoms with Crippen molar-refractivity contribution >= 4 is 158 Å². The minimum atomic E-state index is -1.94. The summed E-state index contributed by atoms with van der Waals surface area (Å²) in [6.45, 7) is 0.0446. The number of carboxylic acids is 4. The molecular formula is C98H132N20O27S. The molecule has 9 rings (SSSR count). The van der Waals surface area contributed by atoms with E-state index in [0.29, 0.717) is 75.3 Å². The number of nitrogens with one attached hydrogen (secondary N) is 11. The lowest BCUT2D eigenvalue weighted by molar-refractivity contribution is -0.149. The van der Waals surface area contributed by atoms with Gasteiger partial charge in [0, 0.05) is 132 Å². The third-order valence-corrected chi connectivity index (χ3v) is 27.3. The zero-order valence-electron chi connectivity index (χ0n) is 82.1. The second-order valence-electron chi connectivity index (χ2n) is 36.7. The van der Waals surface area contributed by atoms with E-state index in [1.165, 1.54) is 32.0 Å². The van der Waals surface area contributed by atoms with Crippen LogP contribution < -0.4 is 75.1 Å². The fraction of sp³-hybridized carbons (Fsp3) is 0.541.